The summed E-state index contributed by atoms with van der Waals surface area (Å²) in [6, 6.07) is 0. The molecule has 0 saturated heterocycles. The number of nitrogen functional groups attached to an aromatic ring is 1. The summed E-state index contributed by atoms with van der Waals surface area (Å²) in [6.45, 7) is 2.78. The fourth-order valence-corrected chi connectivity index (χ4v) is 3.29. The molecule has 166 valence electrons. The topological polar surface area (TPSA) is 174 Å². The average Bonchev–Trinajstić information content (AvgIpc) is 3.39. The van der Waals surface area contributed by atoms with Gasteiger partial charge in [-0.05, 0) is 13.3 Å². The van der Waals surface area contributed by atoms with Crippen molar-refractivity contribution in [1.29, 1.82) is 0 Å². The van der Waals surface area contributed by atoms with Gasteiger partial charge in [0.1, 0.15) is 5.56 Å². The number of hydrogen-bond acceptors (Lipinski definition) is 10. The van der Waals surface area contributed by atoms with Crippen LogP contribution in [-0.2, 0) is 16.0 Å². The van der Waals surface area contributed by atoms with Gasteiger partial charge in [0.15, 0.2) is 5.82 Å². The van der Waals surface area contributed by atoms with Crippen molar-refractivity contribution in [1.82, 2.24) is 25.9 Å². The van der Waals surface area contributed by atoms with Crippen LogP contribution in [0.4, 0.5) is 5.88 Å². The molecule has 32 heavy (non-hydrogen) atoms. The quantitative estimate of drug-likeness (QED) is 0.491. The number of azo groups is 1. The van der Waals surface area contributed by atoms with Gasteiger partial charge in [0.25, 0.3) is 5.91 Å². The van der Waals surface area contributed by atoms with Crippen molar-refractivity contribution in [2.75, 3.05) is 18.8 Å². The summed E-state index contributed by atoms with van der Waals surface area (Å²) >= 11 is 0. The molecule has 2 aromatic rings. The largest absolute Gasteiger partial charge is 0.368 e. The molecule has 1 unspecified atom stereocenters. The van der Waals surface area contributed by atoms with E-state index in [0.29, 0.717) is 48.9 Å². The number of nitrogens with two attached hydrogens (primary N) is 1. The number of amides is 2. The van der Waals surface area contributed by atoms with Gasteiger partial charge >= 0.3 is 0 Å². The number of carbonyl (C=O) groups excluding carboxylic acids is 2. The Bertz CT molecular complexity index is 1120. The van der Waals surface area contributed by atoms with Crippen molar-refractivity contribution >= 4 is 17.7 Å². The highest BCUT2D eigenvalue weighted by Crippen LogP contribution is 2.27. The minimum absolute atomic E-state index is 0.116. The van der Waals surface area contributed by atoms with Gasteiger partial charge in [-0.25, -0.2) is 0 Å². The predicted molar refractivity (Wildman–Crippen MR) is 112 cm³/mol. The Morgan fingerprint density at radius 2 is 2.06 bits per heavy atom. The number of anilines is 1. The fourth-order valence-electron chi connectivity index (χ4n) is 3.29. The van der Waals surface area contributed by atoms with E-state index in [1.54, 1.807) is 13.0 Å². The predicted octanol–water partition coefficient (Wildman–Crippen LogP) is 1.59. The smallest absolute Gasteiger partial charge is 0.276 e. The van der Waals surface area contributed by atoms with E-state index in [-0.39, 0.29) is 35.9 Å². The van der Waals surface area contributed by atoms with Crippen LogP contribution < -0.4 is 16.4 Å². The van der Waals surface area contributed by atoms with Crippen molar-refractivity contribution in [3.8, 4) is 11.4 Å². The number of aromatic nitrogens is 3. The van der Waals surface area contributed by atoms with Crippen LogP contribution in [0.1, 0.15) is 24.4 Å². The molecule has 0 aromatic carbocycles. The van der Waals surface area contributed by atoms with Gasteiger partial charge in [-0.15, -0.1) is 10.2 Å². The highest BCUT2D eigenvalue weighted by molar-refractivity contribution is 5.86. The number of rotatable bonds is 9. The third kappa shape index (κ3) is 4.63. The number of carbonyl (C=O) groups is 2. The Labute approximate surface area is 182 Å². The summed E-state index contributed by atoms with van der Waals surface area (Å²) in [5.41, 5.74) is 7.57. The molecule has 4 rings (SSSR count). The van der Waals surface area contributed by atoms with Crippen molar-refractivity contribution < 1.29 is 18.6 Å². The fraction of sp³-hybridized carbons (Fsp3) is 0.350. The van der Waals surface area contributed by atoms with Crippen molar-refractivity contribution in [2.45, 2.75) is 26.2 Å². The van der Waals surface area contributed by atoms with Gasteiger partial charge in [0.05, 0.1) is 11.6 Å². The van der Waals surface area contributed by atoms with Gasteiger partial charge in [-0.1, -0.05) is 34.6 Å². The molecular formula is C20H22N8O4. The van der Waals surface area contributed by atoms with Gasteiger partial charge in [0, 0.05) is 31.5 Å². The Morgan fingerprint density at radius 1 is 1.19 bits per heavy atom. The lowest BCUT2D eigenvalue weighted by atomic mass is 9.93. The molecule has 12 nitrogen and oxygen atoms in total. The summed E-state index contributed by atoms with van der Waals surface area (Å²) in [4.78, 5) is 28.1. The molecule has 2 aromatic heterocycles. The number of allylic oxidation sites excluding steroid dienone is 3. The van der Waals surface area contributed by atoms with E-state index >= 15 is 0 Å². The van der Waals surface area contributed by atoms with Gasteiger partial charge in [0.2, 0.25) is 23.5 Å². The summed E-state index contributed by atoms with van der Waals surface area (Å²) in [5, 5.41) is 21.3. The molecule has 0 radical (unpaired) electrons. The molecule has 1 atom stereocenters. The first-order valence-corrected chi connectivity index (χ1v) is 10.1. The first-order chi connectivity index (χ1) is 15.5. The van der Waals surface area contributed by atoms with Crippen LogP contribution in [0, 0.1) is 12.8 Å². The molecule has 12 heteroatoms. The van der Waals surface area contributed by atoms with E-state index in [4.69, 9.17) is 14.8 Å². The lowest BCUT2D eigenvalue weighted by Gasteiger charge is -2.20. The second-order valence-electron chi connectivity index (χ2n) is 7.21. The summed E-state index contributed by atoms with van der Waals surface area (Å²) < 4.78 is 10.1. The monoisotopic (exact) mass is 438 g/mol. The highest BCUT2D eigenvalue weighted by atomic mass is 16.5. The standard InChI is InChI=1S/C20H22N8O4/c1-11-16(17(21)32-27-11)19-24-15(31-28-19)8-7-14(29)22-9-4-10-23-18-12-5-2-3-6-13(12)20(30)26-25-18/h2-3,5-6,13,23H,4,7-10,21H2,1H3,(H,22,29). The van der Waals surface area contributed by atoms with E-state index in [9.17, 15) is 9.59 Å². The minimum atomic E-state index is -0.380. The number of aryl methyl sites for hydroxylation is 2. The molecular weight excluding hydrogens is 416 g/mol. The third-order valence-electron chi connectivity index (χ3n) is 4.93. The Hall–Kier alpha value is -4.09. The molecule has 1 aliphatic heterocycles. The van der Waals surface area contributed by atoms with Crippen LogP contribution in [-0.4, -0.2) is 40.2 Å². The van der Waals surface area contributed by atoms with Crippen molar-refractivity contribution in [3.05, 3.63) is 47.3 Å². The zero-order chi connectivity index (χ0) is 22.5. The first-order valence-electron chi connectivity index (χ1n) is 10.1. The number of nitrogens with one attached hydrogen (secondary N) is 2. The van der Waals surface area contributed by atoms with E-state index in [0.717, 1.165) is 5.57 Å². The highest BCUT2D eigenvalue weighted by Gasteiger charge is 2.27. The Morgan fingerprint density at radius 3 is 2.88 bits per heavy atom. The van der Waals surface area contributed by atoms with Gasteiger partial charge in [-0.3, -0.25) is 9.59 Å². The number of nitrogens with zero attached hydrogens (tertiary/aromatic N) is 5. The summed E-state index contributed by atoms with van der Waals surface area (Å²) in [5.74, 6) is 0.525. The Kier molecular flexibility index (Phi) is 6.19. The molecule has 0 fully saturated rings. The Balaban J connectivity index is 1.17. The van der Waals surface area contributed by atoms with Crippen LogP contribution in [0.2, 0.25) is 0 Å². The van der Waals surface area contributed by atoms with Crippen LogP contribution in [0.15, 0.2) is 55.0 Å². The van der Waals surface area contributed by atoms with Crippen molar-refractivity contribution in [2.24, 2.45) is 16.1 Å². The van der Waals surface area contributed by atoms with E-state index in [1.165, 1.54) is 0 Å². The lowest BCUT2D eigenvalue weighted by molar-refractivity contribution is -0.121. The maximum atomic E-state index is 12.1. The molecule has 0 spiro atoms. The van der Waals surface area contributed by atoms with E-state index in [1.807, 2.05) is 18.2 Å². The van der Waals surface area contributed by atoms with Crippen LogP contribution >= 0.6 is 0 Å². The molecule has 3 heterocycles. The minimum Gasteiger partial charge on any atom is -0.368 e. The van der Waals surface area contributed by atoms with E-state index in [2.05, 4.69) is 36.2 Å². The molecule has 2 aliphatic rings. The molecule has 2 amide bonds. The molecule has 0 saturated carbocycles. The second kappa shape index (κ2) is 9.37. The number of hydrogen-bond donors (Lipinski definition) is 3. The van der Waals surface area contributed by atoms with Crippen LogP contribution in [0.25, 0.3) is 11.4 Å². The maximum Gasteiger partial charge on any atom is 0.276 e. The van der Waals surface area contributed by atoms with E-state index < -0.39 is 0 Å². The van der Waals surface area contributed by atoms with Crippen LogP contribution in [0.5, 0.6) is 0 Å². The zero-order valence-corrected chi connectivity index (χ0v) is 17.4. The summed E-state index contributed by atoms with van der Waals surface area (Å²) in [6.07, 6.45) is 8.51. The molecule has 0 bridgehead atoms. The zero-order valence-electron chi connectivity index (χ0n) is 17.4. The third-order valence-corrected chi connectivity index (χ3v) is 4.93. The average molecular weight is 438 g/mol. The first kappa shape index (κ1) is 21.2. The maximum absolute atomic E-state index is 12.1. The second-order valence-corrected chi connectivity index (χ2v) is 7.21. The molecule has 1 aliphatic carbocycles. The molecule has 4 N–H and O–H groups in total. The van der Waals surface area contributed by atoms with Gasteiger partial charge in [-0.2, -0.15) is 4.98 Å². The lowest BCUT2D eigenvalue weighted by Crippen LogP contribution is -2.28. The number of fused-ring (bicyclic) bond motifs is 1. The van der Waals surface area contributed by atoms with Crippen LogP contribution in [0.3, 0.4) is 0 Å². The van der Waals surface area contributed by atoms with Gasteiger partial charge < -0.3 is 25.4 Å². The van der Waals surface area contributed by atoms with Crippen molar-refractivity contribution in [3.63, 3.8) is 0 Å². The SMILES string of the molecule is Cc1noc(N)c1-c1noc(CCC(=O)NCCCNC2=C3C=CC=CC3C(=O)N=N2)n1. The summed E-state index contributed by atoms with van der Waals surface area (Å²) in [7, 11) is 0. The normalized spacial score (nSPS) is 17.0.